The zero-order valence-corrected chi connectivity index (χ0v) is 54.3. The van der Waals surface area contributed by atoms with Crippen LogP contribution in [-0.2, 0) is 41.2 Å². The number of imidazole rings is 1. The van der Waals surface area contributed by atoms with Crippen LogP contribution in [0.4, 0.5) is 24.5 Å². The minimum atomic E-state index is -6.10. The molecule has 18 nitrogen and oxygen atoms in total. The van der Waals surface area contributed by atoms with Crippen molar-refractivity contribution in [3.63, 3.8) is 0 Å². The third-order valence-electron chi connectivity index (χ3n) is 18.6. The number of piperazine rings is 1. The van der Waals surface area contributed by atoms with Gasteiger partial charge in [-0.3, -0.25) is 33.7 Å². The fourth-order valence-electron chi connectivity index (χ4n) is 13.6. The third-order valence-corrected chi connectivity index (χ3v) is 22.8. The number of sulfonamides is 1. The van der Waals surface area contributed by atoms with Gasteiger partial charge >= 0.3 is 11.2 Å². The zero-order chi connectivity index (χ0) is 64.2. The maximum absolute atomic E-state index is 14.4. The highest BCUT2D eigenvalue weighted by Crippen LogP contribution is 2.45. The zero-order valence-electron chi connectivity index (χ0n) is 51.1. The Morgan fingerprint density at radius 3 is 2.25 bits per heavy atom. The second-order valence-electron chi connectivity index (χ2n) is 25.0. The molecule has 1 aromatic heterocycles. The molecule has 4 aliphatic heterocycles. The van der Waals surface area contributed by atoms with Crippen LogP contribution >= 0.6 is 23.4 Å². The number of sulfone groups is 1. The number of halogens is 4. The van der Waals surface area contributed by atoms with E-state index in [2.05, 4.69) is 61.4 Å². The number of anilines is 2. The molecule has 5 aliphatic rings. The van der Waals surface area contributed by atoms with Crippen molar-refractivity contribution < 1.29 is 49.1 Å². The summed E-state index contributed by atoms with van der Waals surface area (Å²) in [4.78, 5) is 60.0. The van der Waals surface area contributed by atoms with E-state index in [4.69, 9.17) is 16.3 Å². The molecule has 0 saturated carbocycles. The number of ether oxygens (including phenoxy) is 1. The predicted octanol–water partition coefficient (Wildman–Crippen LogP) is 9.71. The summed E-state index contributed by atoms with van der Waals surface area (Å²) < 4.78 is 108. The van der Waals surface area contributed by atoms with Crippen LogP contribution in [0.1, 0.15) is 98.2 Å². The highest BCUT2D eigenvalue weighted by atomic mass is 35.5. The minimum Gasteiger partial charge on any atom is -0.380 e. The van der Waals surface area contributed by atoms with E-state index in [-0.39, 0.29) is 35.4 Å². The van der Waals surface area contributed by atoms with E-state index in [0.717, 1.165) is 113 Å². The van der Waals surface area contributed by atoms with Gasteiger partial charge in [-0.2, -0.15) is 13.2 Å². The molecule has 6 aromatic rings. The van der Waals surface area contributed by atoms with Crippen molar-refractivity contribution in [2.75, 3.05) is 101 Å². The maximum atomic E-state index is 14.4. The largest absolute Gasteiger partial charge is 0.501 e. The summed E-state index contributed by atoms with van der Waals surface area (Å²) >= 11 is 7.83. The molecule has 5 aromatic carbocycles. The summed E-state index contributed by atoms with van der Waals surface area (Å²) in [5.74, 6) is -1.15. The van der Waals surface area contributed by atoms with Crippen molar-refractivity contribution in [2.45, 2.75) is 103 Å². The topological polar surface area (TPSA) is 205 Å². The van der Waals surface area contributed by atoms with Gasteiger partial charge in [-0.15, -0.1) is 11.8 Å². The molecule has 91 heavy (non-hydrogen) atoms. The van der Waals surface area contributed by atoms with Gasteiger partial charge in [0.1, 0.15) is 10.9 Å². The lowest BCUT2D eigenvalue weighted by Gasteiger charge is -2.44. The van der Waals surface area contributed by atoms with Crippen molar-refractivity contribution in [3.05, 3.63) is 153 Å². The molecule has 0 radical (unpaired) electrons. The van der Waals surface area contributed by atoms with Crippen molar-refractivity contribution in [2.24, 2.45) is 12.5 Å². The Hall–Kier alpha value is -6.51. The Morgan fingerprint density at radius 2 is 1.54 bits per heavy atom. The first-order chi connectivity index (χ1) is 43.5. The van der Waals surface area contributed by atoms with Gasteiger partial charge in [-0.05, 0) is 171 Å². The molecule has 1 aliphatic carbocycles. The molecule has 4 saturated heterocycles. The molecule has 25 heteroatoms. The number of aryl methyl sites for hydroxylation is 1. The Bertz CT molecular complexity index is 3960. The second-order valence-corrected chi connectivity index (χ2v) is 30.1. The predicted molar refractivity (Wildman–Crippen MR) is 348 cm³/mol. The molecule has 3 N–H and O–H groups in total. The van der Waals surface area contributed by atoms with E-state index in [0.29, 0.717) is 74.1 Å². The number of nitrogens with zero attached hydrogens (tertiary/aromatic N) is 6. The normalized spacial score (nSPS) is 21.0. The molecule has 3 amide bonds. The van der Waals surface area contributed by atoms with Crippen LogP contribution in [0, 0.1) is 5.41 Å². The number of benzene rings is 5. The molecule has 0 spiro atoms. The van der Waals surface area contributed by atoms with Gasteiger partial charge in [0.15, 0.2) is 0 Å². The number of fused-ring (bicyclic) bond motifs is 1. The molecule has 0 bridgehead atoms. The molecule has 486 valence electrons. The van der Waals surface area contributed by atoms with Gasteiger partial charge in [0.25, 0.3) is 25.8 Å². The first-order valence-electron chi connectivity index (χ1n) is 31.1. The van der Waals surface area contributed by atoms with Gasteiger partial charge in [0.05, 0.1) is 28.2 Å². The van der Waals surface area contributed by atoms with Gasteiger partial charge in [-0.1, -0.05) is 60.5 Å². The van der Waals surface area contributed by atoms with E-state index in [1.807, 2.05) is 53.3 Å². The summed E-state index contributed by atoms with van der Waals surface area (Å²) in [6.07, 6.45) is 6.54. The van der Waals surface area contributed by atoms with Crippen LogP contribution in [0.5, 0.6) is 0 Å². The van der Waals surface area contributed by atoms with Crippen LogP contribution in [-0.4, -0.2) is 161 Å². The van der Waals surface area contributed by atoms with Crippen LogP contribution < -0.4 is 25.9 Å². The second kappa shape index (κ2) is 28.0. The van der Waals surface area contributed by atoms with Crippen molar-refractivity contribution in [1.82, 2.24) is 33.9 Å². The number of imide groups is 1. The van der Waals surface area contributed by atoms with Gasteiger partial charge < -0.3 is 24.8 Å². The number of piperidine rings is 2. The molecule has 5 heterocycles. The Balaban J connectivity index is 0.712. The van der Waals surface area contributed by atoms with Crippen LogP contribution in [0.15, 0.2) is 140 Å². The molecular formula is C66H77ClF3N9O9S3. The molecule has 1 unspecified atom stereocenters. The number of aromatic nitrogens is 2. The minimum absolute atomic E-state index is 0.0252. The van der Waals surface area contributed by atoms with Crippen molar-refractivity contribution in [3.8, 4) is 0 Å². The first-order valence-corrected chi connectivity index (χ1v) is 35.4. The van der Waals surface area contributed by atoms with E-state index >= 15 is 0 Å². The number of hydrogen-bond donors (Lipinski definition) is 3. The fraction of sp³-hybridized carbons (Fsp3) is 0.455. The van der Waals surface area contributed by atoms with Crippen LogP contribution in [0.3, 0.4) is 0 Å². The summed E-state index contributed by atoms with van der Waals surface area (Å²) in [6.45, 7) is 12.0. The summed E-state index contributed by atoms with van der Waals surface area (Å²) in [5.41, 5.74) is 0.918. The third kappa shape index (κ3) is 15.4. The number of alkyl halides is 3. The number of amides is 3. The average Bonchev–Trinajstić information content (AvgIpc) is 1.75. The summed E-state index contributed by atoms with van der Waals surface area (Å²) in [6, 6.07) is 31.2. The Morgan fingerprint density at radius 1 is 0.802 bits per heavy atom. The number of carbonyl (C=O) groups is 3. The Labute approximate surface area is 538 Å². The number of nitrogens with one attached hydrogen (secondary N) is 3. The average molecular weight is 1330 g/mol. The number of thioether (sulfide) groups is 1. The van der Waals surface area contributed by atoms with Crippen molar-refractivity contribution in [1.29, 1.82) is 0 Å². The molecule has 4 fully saturated rings. The fourth-order valence-corrected chi connectivity index (χ4v) is 16.7. The first kappa shape index (κ1) is 66.0. The number of hydrogen-bond acceptors (Lipinski definition) is 15. The summed E-state index contributed by atoms with van der Waals surface area (Å²) in [5, 5.41) is 6.09. The lowest BCUT2D eigenvalue weighted by Crippen LogP contribution is -2.48. The number of carbonyl (C=O) groups excluding carboxylic acids is 3. The Kier molecular flexibility index (Phi) is 20.3. The number of rotatable bonds is 20. The highest BCUT2D eigenvalue weighted by molar-refractivity contribution is 7.99. The molecular weight excluding hydrogens is 1250 g/mol. The quantitative estimate of drug-likeness (QED) is 0.0481. The molecule has 3 atom stereocenters. The lowest BCUT2D eigenvalue weighted by molar-refractivity contribution is -0.135. The number of allylic oxidation sites excluding steroid dienone is 1. The molecule has 11 rings (SSSR count). The monoisotopic (exact) mass is 1330 g/mol. The van der Waals surface area contributed by atoms with Crippen molar-refractivity contribution >= 4 is 88.9 Å². The summed E-state index contributed by atoms with van der Waals surface area (Å²) in [7, 11) is -9.27. The van der Waals surface area contributed by atoms with E-state index < -0.39 is 64.7 Å². The SMILES string of the molecule is Cn1c(=O)n(C2CCC(=O)NC2=O)c2ccc(C3CCN(C[C@]4(C)CCC(c5ccc(Cl)cc5)=C(CN5CCN(c6ccc(C(=O)NS(=O)(=O)c7ccc(N[C@H](CCN8CCCOCC8)CSc8ccccc8)c(S(=O)(=O)C(F)(F)F)c7)cc6)CC5)C4)CC3)cc21. The van der Waals surface area contributed by atoms with E-state index in [1.165, 1.54) is 50.7 Å². The standard InChI is InChI=1S/C66H77ClF3N9O9S3/c1-65(44-77-29-24-45(25-30-77)48-13-20-57-59(39-48)74(2)64(83)79(57)58-21-22-61(80)72-63(58)82)27-23-55(46-9-14-50(67)15-10-46)49(41-65)42-76-32-34-78(35-33-76)52-16-11-47(12-17-52)62(81)73-91(86,87)54-18-19-56(60(40-54)90(84,85)66(68,69)70)71-51(43-89-53-7-4-3-5-8-53)26-31-75-28-6-37-88-38-36-75/h3-5,7-20,39-40,45,51,58,71H,6,21-38,41-44H2,1-2H3,(H,73,81)(H,72,80,82)/t51-,58?,65-/m1/s1. The van der Waals surface area contributed by atoms with E-state index in [1.54, 1.807) is 23.7 Å². The van der Waals surface area contributed by atoms with Gasteiger partial charge in [0.2, 0.25) is 11.8 Å². The number of likely N-dealkylation sites (tertiary alicyclic amines) is 1. The van der Waals surface area contributed by atoms with Crippen LogP contribution in [0.25, 0.3) is 16.6 Å². The smallest absolute Gasteiger partial charge is 0.380 e. The van der Waals surface area contributed by atoms with Gasteiger partial charge in [0, 0.05) is 112 Å². The van der Waals surface area contributed by atoms with E-state index in [9.17, 15) is 49.2 Å². The maximum Gasteiger partial charge on any atom is 0.501 e. The lowest BCUT2D eigenvalue weighted by atomic mass is 9.70. The van der Waals surface area contributed by atoms with Gasteiger partial charge in [-0.25, -0.2) is 26.4 Å². The van der Waals surface area contributed by atoms with Crippen LogP contribution in [0.2, 0.25) is 5.02 Å². The highest BCUT2D eigenvalue weighted by Gasteiger charge is 2.49.